The summed E-state index contributed by atoms with van der Waals surface area (Å²) < 4.78 is 31.6. The Morgan fingerprint density at radius 1 is 1.00 bits per heavy atom. The van der Waals surface area contributed by atoms with E-state index in [1.807, 2.05) is 45.0 Å². The second-order valence-corrected chi connectivity index (χ2v) is 12.9. The quantitative estimate of drug-likeness (QED) is 0.0780. The molecule has 0 bridgehead atoms. The van der Waals surface area contributed by atoms with Gasteiger partial charge in [-0.1, -0.05) is 83.5 Å². The predicted molar refractivity (Wildman–Crippen MR) is 187 cm³/mol. The van der Waals surface area contributed by atoms with Gasteiger partial charge >= 0.3 is 0 Å². The smallest absolute Gasteiger partial charge is 0.191 e. The predicted octanol–water partition coefficient (Wildman–Crippen LogP) is 11.4. The molecule has 6 heteroatoms. The van der Waals surface area contributed by atoms with Crippen LogP contribution in [0.3, 0.4) is 0 Å². The maximum absolute atomic E-state index is 13.8. The second-order valence-electron chi connectivity index (χ2n) is 12.5. The molecule has 1 atom stereocenters. The summed E-state index contributed by atoms with van der Waals surface area (Å²) in [6, 6.07) is 14.5. The number of rotatable bonds is 15. The van der Waals surface area contributed by atoms with E-state index in [-0.39, 0.29) is 12.6 Å². The molecule has 0 fully saturated rings. The maximum atomic E-state index is 13.8. The van der Waals surface area contributed by atoms with E-state index < -0.39 is 11.7 Å². The number of aliphatic hydroxyl groups excluding tert-OH is 1. The van der Waals surface area contributed by atoms with Crippen LogP contribution in [-0.4, -0.2) is 24.8 Å². The minimum Gasteiger partial charge on any atom is -0.493 e. The van der Waals surface area contributed by atoms with Crippen molar-refractivity contribution in [3.8, 4) is 5.75 Å². The van der Waals surface area contributed by atoms with Gasteiger partial charge in [0.2, 0.25) is 0 Å². The second kappa shape index (κ2) is 16.4. The van der Waals surface area contributed by atoms with Gasteiger partial charge in [-0.15, -0.1) is 0 Å². The first-order valence-electron chi connectivity index (χ1n) is 16.0. The molecule has 0 saturated heterocycles. The zero-order valence-electron chi connectivity index (χ0n) is 28.3. The molecule has 0 aromatic heterocycles. The molecule has 3 rings (SSSR count). The van der Waals surface area contributed by atoms with Gasteiger partial charge in [-0.2, -0.15) is 0 Å². The number of aliphatic hydroxyl groups is 1. The van der Waals surface area contributed by atoms with E-state index >= 15 is 0 Å². The minimum atomic E-state index is -0.969. The summed E-state index contributed by atoms with van der Waals surface area (Å²) in [6.07, 6.45) is 2.99. The van der Waals surface area contributed by atoms with Gasteiger partial charge in [0.25, 0.3) is 0 Å². The summed E-state index contributed by atoms with van der Waals surface area (Å²) >= 11 is 6.87. The molecule has 244 valence electrons. The van der Waals surface area contributed by atoms with Crippen molar-refractivity contribution < 1.29 is 23.7 Å². The first-order valence-corrected chi connectivity index (χ1v) is 16.3. The van der Waals surface area contributed by atoms with Crippen molar-refractivity contribution in [1.29, 1.82) is 0 Å². The van der Waals surface area contributed by atoms with E-state index in [0.717, 1.165) is 68.6 Å². The number of allylic oxidation sites excluding steroid dienone is 4. The lowest BCUT2D eigenvalue weighted by Crippen LogP contribution is -2.29. The van der Waals surface area contributed by atoms with Crippen LogP contribution in [0.2, 0.25) is 5.02 Å². The third kappa shape index (κ3) is 9.22. The molecular formula is C39H50ClFO4. The van der Waals surface area contributed by atoms with Gasteiger partial charge in [-0.3, -0.25) is 0 Å². The molecule has 4 nitrogen and oxygen atoms in total. The Morgan fingerprint density at radius 3 is 2.38 bits per heavy atom. The zero-order valence-corrected chi connectivity index (χ0v) is 29.0. The topological polar surface area (TPSA) is 47.9 Å². The highest BCUT2D eigenvalue weighted by Crippen LogP contribution is 2.39. The van der Waals surface area contributed by atoms with Gasteiger partial charge in [0.05, 0.1) is 6.61 Å². The monoisotopic (exact) mass is 636 g/mol. The molecule has 1 unspecified atom stereocenters. The van der Waals surface area contributed by atoms with Crippen molar-refractivity contribution in [2.24, 2.45) is 5.41 Å². The van der Waals surface area contributed by atoms with Crippen LogP contribution in [0.1, 0.15) is 97.3 Å². The molecule has 0 aliphatic rings. The van der Waals surface area contributed by atoms with Gasteiger partial charge < -0.3 is 19.3 Å². The van der Waals surface area contributed by atoms with Crippen LogP contribution in [0.25, 0.3) is 21.9 Å². The van der Waals surface area contributed by atoms with Crippen molar-refractivity contribution in [3.05, 3.63) is 99.5 Å². The van der Waals surface area contributed by atoms with Crippen LogP contribution in [0.15, 0.2) is 72.0 Å². The van der Waals surface area contributed by atoms with Crippen molar-refractivity contribution >= 4 is 33.5 Å². The van der Waals surface area contributed by atoms with Crippen LogP contribution >= 0.6 is 11.6 Å². The molecule has 0 heterocycles. The van der Waals surface area contributed by atoms with Crippen molar-refractivity contribution in [2.75, 3.05) is 13.4 Å². The van der Waals surface area contributed by atoms with E-state index in [1.165, 1.54) is 23.3 Å². The number of halogens is 2. The van der Waals surface area contributed by atoms with Crippen LogP contribution in [0.4, 0.5) is 4.39 Å². The molecule has 3 aromatic rings. The molecule has 0 amide bonds. The van der Waals surface area contributed by atoms with Crippen LogP contribution in [-0.2, 0) is 9.47 Å². The fourth-order valence-electron chi connectivity index (χ4n) is 5.60. The molecule has 0 radical (unpaired) electrons. The molecule has 1 N–H and O–H groups in total. The van der Waals surface area contributed by atoms with Crippen molar-refractivity contribution in [1.82, 2.24) is 0 Å². The molecule has 0 aliphatic carbocycles. The zero-order chi connectivity index (χ0) is 33.3. The summed E-state index contributed by atoms with van der Waals surface area (Å²) in [4.78, 5) is 0. The SMILES string of the molecule is C=C(OCOC(O)C(C)(C)C)/C(CC)=C(\CCCOc1cccc2cc(F)ccc12)c1ccc(Cl)c(/C(CC)=C(\C)CC)c1C. The normalized spacial score (nSPS) is 13.8. The van der Waals surface area contributed by atoms with Crippen LogP contribution in [0, 0.1) is 18.2 Å². The highest BCUT2D eigenvalue weighted by atomic mass is 35.5. The fraction of sp³-hybridized carbons (Fsp3) is 0.436. The summed E-state index contributed by atoms with van der Waals surface area (Å²) in [5.41, 5.74) is 7.57. The van der Waals surface area contributed by atoms with E-state index in [9.17, 15) is 9.50 Å². The highest BCUT2D eigenvalue weighted by Gasteiger charge is 2.24. The summed E-state index contributed by atoms with van der Waals surface area (Å²) in [5.74, 6) is 0.974. The van der Waals surface area contributed by atoms with Gasteiger partial charge in [0.15, 0.2) is 13.1 Å². The summed E-state index contributed by atoms with van der Waals surface area (Å²) in [6.45, 7) is 21.1. The standard InChI is InChI=1S/C39H50ClFO4/c1-10-25(4)30(11-2)37-26(5)32(20-21-35(37)40)34(31(12-3)27(6)44-24-45-38(42)39(7,8)9)16-14-22-43-36-17-13-15-28-23-29(41)18-19-33(28)36/h13,15,17-21,23,38,42H,6,10-12,14,16,22,24H2,1-5,7-9H3/b30-25+,34-31+. The first kappa shape index (κ1) is 36.3. The molecular weight excluding hydrogens is 587 g/mol. The summed E-state index contributed by atoms with van der Waals surface area (Å²) in [7, 11) is 0. The van der Waals surface area contributed by atoms with E-state index in [4.69, 9.17) is 25.8 Å². The van der Waals surface area contributed by atoms with Gasteiger partial charge in [-0.25, -0.2) is 4.39 Å². The fourth-order valence-corrected chi connectivity index (χ4v) is 5.92. The Morgan fingerprint density at radius 2 is 1.73 bits per heavy atom. The van der Waals surface area contributed by atoms with Crippen molar-refractivity contribution in [3.63, 3.8) is 0 Å². The lowest BCUT2D eigenvalue weighted by molar-refractivity contribution is -0.200. The average Bonchev–Trinajstić information content (AvgIpc) is 2.99. The average molecular weight is 637 g/mol. The van der Waals surface area contributed by atoms with Crippen LogP contribution < -0.4 is 4.74 Å². The Balaban J connectivity index is 1.98. The molecule has 3 aromatic carbocycles. The number of ether oxygens (including phenoxy) is 3. The maximum Gasteiger partial charge on any atom is 0.191 e. The molecule has 45 heavy (non-hydrogen) atoms. The lowest BCUT2D eigenvalue weighted by atomic mass is 9.85. The lowest BCUT2D eigenvalue weighted by Gasteiger charge is -2.26. The molecule has 0 aliphatic heterocycles. The van der Waals surface area contributed by atoms with Crippen molar-refractivity contribution in [2.45, 2.75) is 93.8 Å². The van der Waals surface area contributed by atoms with Gasteiger partial charge in [0, 0.05) is 15.8 Å². The Bertz CT molecular complexity index is 1550. The first-order chi connectivity index (χ1) is 21.3. The highest BCUT2D eigenvalue weighted by molar-refractivity contribution is 6.32. The summed E-state index contributed by atoms with van der Waals surface area (Å²) in [5, 5.41) is 12.8. The number of benzene rings is 3. The number of fused-ring (bicyclic) bond motifs is 1. The Labute approximate surface area is 274 Å². The molecule has 0 spiro atoms. The third-order valence-electron chi connectivity index (χ3n) is 8.33. The van der Waals surface area contributed by atoms with E-state index in [0.29, 0.717) is 25.2 Å². The van der Waals surface area contributed by atoms with Gasteiger partial charge in [0.1, 0.15) is 17.3 Å². The third-order valence-corrected chi connectivity index (χ3v) is 8.64. The van der Waals surface area contributed by atoms with Crippen LogP contribution in [0.5, 0.6) is 5.75 Å². The largest absolute Gasteiger partial charge is 0.493 e. The van der Waals surface area contributed by atoms with E-state index in [1.54, 1.807) is 6.07 Å². The Hall–Kier alpha value is -3.12. The minimum absolute atomic E-state index is 0.109. The van der Waals surface area contributed by atoms with Gasteiger partial charge in [-0.05, 0) is 115 Å². The number of hydrogen-bond donors (Lipinski definition) is 1. The molecule has 0 saturated carbocycles. The van der Waals surface area contributed by atoms with E-state index in [2.05, 4.69) is 47.3 Å². The Kier molecular flexibility index (Phi) is 13.3. The number of hydrogen-bond acceptors (Lipinski definition) is 4.